The number of amides is 1. The Morgan fingerprint density at radius 2 is 1.70 bits per heavy atom. The summed E-state index contributed by atoms with van der Waals surface area (Å²) in [6.07, 6.45) is 1.79. The van der Waals surface area contributed by atoms with Gasteiger partial charge in [0.05, 0.1) is 23.5 Å². The molecule has 43 heavy (non-hydrogen) atoms. The Bertz CT molecular complexity index is 1630. The molecule has 0 saturated carbocycles. The number of pyridine rings is 1. The monoisotopic (exact) mass is 587 g/mol. The number of H-pyrrole nitrogens is 1. The van der Waals surface area contributed by atoms with Gasteiger partial charge in [0.2, 0.25) is 0 Å². The molecular formula is C33H39F2N7O. The fourth-order valence-electron chi connectivity index (χ4n) is 4.04. The van der Waals surface area contributed by atoms with E-state index in [9.17, 15) is 13.6 Å². The fourth-order valence-corrected chi connectivity index (χ4v) is 4.04. The van der Waals surface area contributed by atoms with Crippen molar-refractivity contribution in [3.8, 4) is 11.1 Å². The summed E-state index contributed by atoms with van der Waals surface area (Å²) < 4.78 is 27.0. The summed E-state index contributed by atoms with van der Waals surface area (Å²) in [6, 6.07) is 12.7. The Morgan fingerprint density at radius 3 is 2.33 bits per heavy atom. The normalized spacial score (nSPS) is 12.5. The molecule has 10 heteroatoms. The maximum absolute atomic E-state index is 13.7. The van der Waals surface area contributed by atoms with Gasteiger partial charge in [-0.25, -0.2) is 13.8 Å². The third-order valence-electron chi connectivity index (χ3n) is 6.80. The van der Waals surface area contributed by atoms with Gasteiger partial charge in [0.1, 0.15) is 5.84 Å². The SMILES string of the molecule is C=C(C(=O)NC(C)c1ccc(F)c(F)c1)C(=NCc1ccc(-c2cnc3[nH]nc(NC)c3c2)cc1)NC(C)C(=C)C.CC. The van der Waals surface area contributed by atoms with E-state index in [1.54, 1.807) is 13.1 Å². The summed E-state index contributed by atoms with van der Waals surface area (Å²) in [5, 5.41) is 17.1. The second-order valence-electron chi connectivity index (χ2n) is 9.86. The van der Waals surface area contributed by atoms with Crippen molar-refractivity contribution >= 4 is 28.6 Å². The highest BCUT2D eigenvalue weighted by molar-refractivity contribution is 6.20. The van der Waals surface area contributed by atoms with Crippen molar-refractivity contribution in [2.45, 2.75) is 53.2 Å². The van der Waals surface area contributed by atoms with E-state index in [2.05, 4.69) is 49.3 Å². The number of nitrogens with zero attached hydrogens (tertiary/aromatic N) is 3. The number of aromatic nitrogens is 3. The predicted molar refractivity (Wildman–Crippen MR) is 171 cm³/mol. The Morgan fingerprint density at radius 1 is 1.00 bits per heavy atom. The summed E-state index contributed by atoms with van der Waals surface area (Å²) in [6.45, 7) is 17.7. The van der Waals surface area contributed by atoms with E-state index in [1.165, 1.54) is 6.07 Å². The van der Waals surface area contributed by atoms with E-state index in [0.29, 0.717) is 23.6 Å². The van der Waals surface area contributed by atoms with Crippen LogP contribution in [0.5, 0.6) is 0 Å². The van der Waals surface area contributed by atoms with Gasteiger partial charge >= 0.3 is 0 Å². The molecule has 2 heterocycles. The first kappa shape index (κ1) is 32.7. The smallest absolute Gasteiger partial charge is 0.254 e. The standard InChI is InChI=1S/C31H33F2N7O.C2H6/c1-17(2)19(4)37-28(18(3)31(41)38-20(5)23-11-12-26(32)27(33)14-23)35-15-21-7-9-22(10-8-21)24-13-25-29(34-6)39-40-30(25)36-16-24;1-2/h7-14,16,19-20H,1,3,15H2,2,4-6H3,(H,35,37)(H,38,41)(H2,34,36,39,40);1-2H3. The van der Waals surface area contributed by atoms with Crippen LogP contribution in [0.3, 0.4) is 0 Å². The van der Waals surface area contributed by atoms with Gasteiger partial charge in [0.25, 0.3) is 5.91 Å². The second kappa shape index (κ2) is 14.9. The lowest BCUT2D eigenvalue weighted by Gasteiger charge is -2.20. The number of halogens is 2. The van der Waals surface area contributed by atoms with E-state index in [4.69, 9.17) is 0 Å². The maximum Gasteiger partial charge on any atom is 0.254 e. The first-order valence-corrected chi connectivity index (χ1v) is 14.1. The maximum atomic E-state index is 13.7. The highest BCUT2D eigenvalue weighted by Gasteiger charge is 2.19. The van der Waals surface area contributed by atoms with Crippen LogP contribution < -0.4 is 16.0 Å². The van der Waals surface area contributed by atoms with Crippen LogP contribution in [0.15, 0.2) is 84.0 Å². The molecule has 4 aromatic rings. The molecule has 2 aromatic carbocycles. The summed E-state index contributed by atoms with van der Waals surface area (Å²) in [5.74, 6) is -1.37. The van der Waals surface area contributed by atoms with Gasteiger partial charge in [-0.15, -0.1) is 0 Å². The largest absolute Gasteiger partial charge is 0.371 e. The third kappa shape index (κ3) is 8.12. The molecule has 226 valence electrons. The summed E-state index contributed by atoms with van der Waals surface area (Å²) in [4.78, 5) is 22.2. The lowest BCUT2D eigenvalue weighted by molar-refractivity contribution is -0.117. The number of hydrogen-bond acceptors (Lipinski definition) is 5. The number of carbonyl (C=O) groups is 1. The third-order valence-corrected chi connectivity index (χ3v) is 6.80. The number of aromatic amines is 1. The number of anilines is 1. The van der Waals surface area contributed by atoms with Crippen molar-refractivity contribution in [1.82, 2.24) is 25.8 Å². The molecular weight excluding hydrogens is 548 g/mol. The Labute approximate surface area is 251 Å². The van der Waals surface area contributed by atoms with E-state index in [-0.39, 0.29) is 11.6 Å². The lowest BCUT2D eigenvalue weighted by Crippen LogP contribution is -2.39. The van der Waals surface area contributed by atoms with Gasteiger partial charge in [0.15, 0.2) is 23.1 Å². The van der Waals surface area contributed by atoms with Crippen LogP contribution in [-0.4, -0.2) is 40.0 Å². The minimum absolute atomic E-state index is 0.115. The molecule has 0 fully saturated rings. The fraction of sp³-hybridized carbons (Fsp3) is 0.273. The van der Waals surface area contributed by atoms with Gasteiger partial charge < -0.3 is 16.0 Å². The Kier molecular flexibility index (Phi) is 11.3. The number of aliphatic imine (C=N–C) groups is 1. The number of nitrogens with one attached hydrogen (secondary N) is 4. The average Bonchev–Trinajstić information content (AvgIpc) is 3.43. The molecule has 0 aliphatic heterocycles. The van der Waals surface area contributed by atoms with Crippen molar-refractivity contribution in [3.63, 3.8) is 0 Å². The Balaban J connectivity index is 0.00000248. The molecule has 2 atom stereocenters. The van der Waals surface area contributed by atoms with Crippen LogP contribution in [0.25, 0.3) is 22.2 Å². The summed E-state index contributed by atoms with van der Waals surface area (Å²) >= 11 is 0. The first-order valence-electron chi connectivity index (χ1n) is 14.1. The molecule has 0 bridgehead atoms. The number of rotatable bonds is 10. The number of fused-ring (bicyclic) bond motifs is 1. The van der Waals surface area contributed by atoms with Gasteiger partial charge in [-0.3, -0.25) is 14.9 Å². The van der Waals surface area contributed by atoms with Crippen LogP contribution in [0.4, 0.5) is 14.6 Å². The number of hydrogen-bond donors (Lipinski definition) is 4. The molecule has 4 N–H and O–H groups in total. The predicted octanol–water partition coefficient (Wildman–Crippen LogP) is 6.86. The van der Waals surface area contributed by atoms with Crippen molar-refractivity contribution in [2.24, 2.45) is 4.99 Å². The van der Waals surface area contributed by atoms with E-state index >= 15 is 0 Å². The quantitative estimate of drug-likeness (QED) is 0.0702. The average molecular weight is 588 g/mol. The zero-order valence-electron chi connectivity index (χ0n) is 25.5. The van der Waals surface area contributed by atoms with E-state index in [1.807, 2.05) is 65.1 Å². The second-order valence-corrected chi connectivity index (χ2v) is 9.86. The topological polar surface area (TPSA) is 107 Å². The minimum Gasteiger partial charge on any atom is -0.371 e. The zero-order chi connectivity index (χ0) is 31.7. The van der Waals surface area contributed by atoms with Crippen LogP contribution in [-0.2, 0) is 11.3 Å². The van der Waals surface area contributed by atoms with Gasteiger partial charge in [0, 0.05) is 24.8 Å². The molecule has 4 rings (SSSR count). The van der Waals surface area contributed by atoms with Crippen LogP contribution in [0, 0.1) is 11.6 Å². The summed E-state index contributed by atoms with van der Waals surface area (Å²) in [7, 11) is 1.81. The van der Waals surface area contributed by atoms with Crippen LogP contribution in [0.1, 0.15) is 51.8 Å². The molecule has 2 unspecified atom stereocenters. The van der Waals surface area contributed by atoms with Crippen LogP contribution >= 0.6 is 0 Å². The van der Waals surface area contributed by atoms with Crippen molar-refractivity contribution in [3.05, 3.63) is 102 Å². The molecule has 8 nitrogen and oxygen atoms in total. The van der Waals surface area contributed by atoms with Gasteiger partial charge in [-0.05, 0) is 55.7 Å². The Hall–Kier alpha value is -4.86. The van der Waals surface area contributed by atoms with Crippen molar-refractivity contribution < 1.29 is 13.6 Å². The zero-order valence-corrected chi connectivity index (χ0v) is 25.5. The number of amidine groups is 1. The van der Waals surface area contributed by atoms with Crippen molar-refractivity contribution in [1.29, 1.82) is 0 Å². The van der Waals surface area contributed by atoms with Crippen molar-refractivity contribution in [2.75, 3.05) is 12.4 Å². The van der Waals surface area contributed by atoms with Gasteiger partial charge in [-0.2, -0.15) is 5.10 Å². The minimum atomic E-state index is -0.978. The van der Waals surface area contributed by atoms with Crippen LogP contribution in [0.2, 0.25) is 0 Å². The molecule has 0 aliphatic carbocycles. The lowest BCUT2D eigenvalue weighted by atomic mass is 10.0. The molecule has 1 amide bonds. The van der Waals surface area contributed by atoms with E-state index in [0.717, 1.165) is 45.6 Å². The highest BCUT2D eigenvalue weighted by Crippen LogP contribution is 2.26. The number of carbonyl (C=O) groups excluding carboxylic acids is 1. The van der Waals surface area contributed by atoms with E-state index < -0.39 is 23.6 Å². The molecule has 0 saturated heterocycles. The summed E-state index contributed by atoms with van der Waals surface area (Å²) in [5.41, 5.74) is 4.96. The first-order chi connectivity index (χ1) is 20.6. The molecule has 2 aromatic heterocycles. The molecule has 0 spiro atoms. The highest BCUT2D eigenvalue weighted by atomic mass is 19.2. The molecule has 0 radical (unpaired) electrons. The molecule has 0 aliphatic rings. The van der Waals surface area contributed by atoms with Gasteiger partial charge in [-0.1, -0.05) is 62.9 Å². The number of benzene rings is 2.